The van der Waals surface area contributed by atoms with E-state index in [1.54, 1.807) is 36.4 Å². The first kappa shape index (κ1) is 18.1. The number of hydrogen-bond acceptors (Lipinski definition) is 4. The van der Waals surface area contributed by atoms with Gasteiger partial charge in [-0.1, -0.05) is 36.4 Å². The Morgan fingerprint density at radius 1 is 0.893 bits per heavy atom. The van der Waals surface area contributed by atoms with Crippen molar-refractivity contribution >= 4 is 20.6 Å². The fraction of sp³-hybridized carbons (Fsp3) is 0.0476. The lowest BCUT2D eigenvalue weighted by molar-refractivity contribution is 0.575. The highest BCUT2D eigenvalue weighted by Crippen LogP contribution is 2.23. The Balaban J connectivity index is 1.77. The minimum atomic E-state index is -3.69. The van der Waals surface area contributed by atoms with E-state index in [9.17, 15) is 17.6 Å². The molecule has 28 heavy (non-hydrogen) atoms. The maximum Gasteiger partial charge on any atom is 0.274 e. The molecular formula is C21H15FN2O3S. The lowest BCUT2D eigenvalue weighted by Crippen LogP contribution is -2.23. The van der Waals surface area contributed by atoms with E-state index in [0.29, 0.717) is 16.3 Å². The molecular weight excluding hydrogens is 379 g/mol. The van der Waals surface area contributed by atoms with Crippen molar-refractivity contribution in [1.82, 2.24) is 9.78 Å². The molecule has 0 saturated carbocycles. The SMILES string of the molecule is O=c1c2ccc(S(=O)(=O)c3ccccc3)cc2cnn1Cc1ccccc1F. The van der Waals surface area contributed by atoms with Crippen molar-refractivity contribution in [2.75, 3.05) is 0 Å². The van der Waals surface area contributed by atoms with E-state index in [-0.39, 0.29) is 16.3 Å². The molecule has 0 fully saturated rings. The number of nitrogens with zero attached hydrogens (tertiary/aromatic N) is 2. The van der Waals surface area contributed by atoms with Gasteiger partial charge in [0.2, 0.25) is 9.84 Å². The highest BCUT2D eigenvalue weighted by Gasteiger charge is 2.18. The number of halogens is 1. The van der Waals surface area contributed by atoms with E-state index in [2.05, 4.69) is 5.10 Å². The second-order valence-electron chi connectivity index (χ2n) is 6.26. The molecule has 1 heterocycles. The van der Waals surface area contributed by atoms with Gasteiger partial charge in [-0.15, -0.1) is 0 Å². The number of fused-ring (bicyclic) bond motifs is 1. The maximum absolute atomic E-state index is 13.9. The highest BCUT2D eigenvalue weighted by molar-refractivity contribution is 7.91. The van der Waals surface area contributed by atoms with Crippen LogP contribution in [-0.4, -0.2) is 18.2 Å². The number of benzene rings is 3. The second-order valence-corrected chi connectivity index (χ2v) is 8.21. The molecule has 0 spiro atoms. The summed E-state index contributed by atoms with van der Waals surface area (Å²) in [4.78, 5) is 13.0. The smallest absolute Gasteiger partial charge is 0.267 e. The summed E-state index contributed by atoms with van der Waals surface area (Å²) >= 11 is 0. The Labute approximate surface area is 160 Å². The second kappa shape index (κ2) is 7.01. The van der Waals surface area contributed by atoms with Gasteiger partial charge in [-0.3, -0.25) is 4.79 Å². The van der Waals surface area contributed by atoms with E-state index in [1.807, 2.05) is 0 Å². The van der Waals surface area contributed by atoms with E-state index < -0.39 is 21.2 Å². The Kier molecular flexibility index (Phi) is 4.52. The molecule has 7 heteroatoms. The van der Waals surface area contributed by atoms with Crippen molar-refractivity contribution in [2.45, 2.75) is 16.3 Å². The lowest BCUT2D eigenvalue weighted by atomic mass is 10.2. The van der Waals surface area contributed by atoms with Crippen LogP contribution in [0.1, 0.15) is 5.56 Å². The summed E-state index contributed by atoms with van der Waals surface area (Å²) < 4.78 is 40.5. The molecule has 0 aliphatic rings. The van der Waals surface area contributed by atoms with Gasteiger partial charge >= 0.3 is 0 Å². The largest absolute Gasteiger partial charge is 0.274 e. The molecule has 0 saturated heterocycles. The van der Waals surface area contributed by atoms with Crippen LogP contribution in [0.4, 0.5) is 4.39 Å². The van der Waals surface area contributed by atoms with Gasteiger partial charge in [-0.25, -0.2) is 17.5 Å². The summed E-state index contributed by atoms with van der Waals surface area (Å²) in [5.74, 6) is -0.416. The van der Waals surface area contributed by atoms with Crippen molar-refractivity contribution in [3.05, 3.63) is 101 Å². The van der Waals surface area contributed by atoms with E-state index >= 15 is 0 Å². The van der Waals surface area contributed by atoms with Gasteiger partial charge in [-0.2, -0.15) is 5.10 Å². The summed E-state index contributed by atoms with van der Waals surface area (Å²) in [6, 6.07) is 18.5. The summed E-state index contributed by atoms with van der Waals surface area (Å²) in [5, 5.41) is 4.81. The van der Waals surface area contributed by atoms with E-state index in [4.69, 9.17) is 0 Å². The molecule has 0 N–H and O–H groups in total. The first-order chi connectivity index (χ1) is 13.5. The Morgan fingerprint density at radius 3 is 2.36 bits per heavy atom. The molecule has 5 nitrogen and oxygen atoms in total. The third-order valence-electron chi connectivity index (χ3n) is 4.47. The third-order valence-corrected chi connectivity index (χ3v) is 6.23. The molecule has 0 unspecified atom stereocenters. The molecule has 0 aliphatic carbocycles. The number of aromatic nitrogens is 2. The molecule has 4 aromatic rings. The van der Waals surface area contributed by atoms with Crippen LogP contribution >= 0.6 is 0 Å². The van der Waals surface area contributed by atoms with Crippen LogP contribution in [0.2, 0.25) is 0 Å². The average molecular weight is 394 g/mol. The highest BCUT2D eigenvalue weighted by atomic mass is 32.2. The van der Waals surface area contributed by atoms with Crippen LogP contribution in [0.25, 0.3) is 10.8 Å². The first-order valence-electron chi connectivity index (χ1n) is 8.50. The fourth-order valence-corrected chi connectivity index (χ4v) is 4.29. The summed E-state index contributed by atoms with van der Waals surface area (Å²) in [6.45, 7) is -0.00842. The van der Waals surface area contributed by atoms with Gasteiger partial charge in [0.05, 0.1) is 27.9 Å². The van der Waals surface area contributed by atoms with Crippen LogP contribution in [0.5, 0.6) is 0 Å². The minimum Gasteiger partial charge on any atom is -0.267 e. The van der Waals surface area contributed by atoms with Crippen molar-refractivity contribution in [2.24, 2.45) is 0 Å². The van der Waals surface area contributed by atoms with Gasteiger partial charge in [-0.05, 0) is 36.4 Å². The molecule has 0 bridgehead atoms. The quantitative estimate of drug-likeness (QED) is 0.532. The molecule has 140 valence electrons. The normalized spacial score (nSPS) is 11.6. The Hall–Kier alpha value is -3.32. The summed E-state index contributed by atoms with van der Waals surface area (Å²) in [7, 11) is -3.69. The van der Waals surface area contributed by atoms with Crippen molar-refractivity contribution in [3.8, 4) is 0 Å². The van der Waals surface area contributed by atoms with Gasteiger partial charge in [0.25, 0.3) is 5.56 Å². The van der Waals surface area contributed by atoms with Crippen LogP contribution < -0.4 is 5.56 Å². The summed E-state index contributed by atoms with van der Waals surface area (Å²) in [5.41, 5.74) is -0.0656. The average Bonchev–Trinajstić information content (AvgIpc) is 2.72. The van der Waals surface area contributed by atoms with Crippen molar-refractivity contribution < 1.29 is 12.8 Å². The predicted octanol–water partition coefficient (Wildman–Crippen LogP) is 3.42. The van der Waals surface area contributed by atoms with E-state index in [0.717, 1.165) is 4.68 Å². The standard InChI is InChI=1S/C21H15FN2O3S/c22-20-9-5-4-6-15(20)14-24-21(25)19-11-10-18(12-16(19)13-23-24)28(26,27)17-7-2-1-3-8-17/h1-13H,14H2. The third kappa shape index (κ3) is 3.20. The number of hydrogen-bond donors (Lipinski definition) is 0. The fourth-order valence-electron chi connectivity index (χ4n) is 2.97. The minimum absolute atomic E-state index is 0.00842. The van der Waals surface area contributed by atoms with Crippen LogP contribution in [0, 0.1) is 5.82 Å². The van der Waals surface area contributed by atoms with Crippen molar-refractivity contribution in [3.63, 3.8) is 0 Å². The molecule has 0 atom stereocenters. The molecule has 0 radical (unpaired) electrons. The monoisotopic (exact) mass is 394 g/mol. The molecule has 0 aliphatic heterocycles. The van der Waals surface area contributed by atoms with Crippen molar-refractivity contribution in [1.29, 1.82) is 0 Å². The zero-order valence-electron chi connectivity index (χ0n) is 14.6. The van der Waals surface area contributed by atoms with Gasteiger partial charge < -0.3 is 0 Å². The molecule has 3 aromatic carbocycles. The first-order valence-corrected chi connectivity index (χ1v) is 9.98. The van der Waals surface area contributed by atoms with Crippen LogP contribution in [-0.2, 0) is 16.4 Å². The predicted molar refractivity (Wildman–Crippen MR) is 103 cm³/mol. The maximum atomic E-state index is 13.9. The Morgan fingerprint density at radius 2 is 1.61 bits per heavy atom. The lowest BCUT2D eigenvalue weighted by Gasteiger charge is -2.09. The number of sulfone groups is 1. The topological polar surface area (TPSA) is 69.0 Å². The van der Waals surface area contributed by atoms with E-state index in [1.165, 1.54) is 42.6 Å². The van der Waals surface area contributed by atoms with Crippen LogP contribution in [0.15, 0.2) is 93.6 Å². The number of rotatable bonds is 4. The Bertz CT molecular complexity index is 1330. The molecule has 0 amide bonds. The molecule has 4 rings (SSSR count). The zero-order chi connectivity index (χ0) is 19.7. The van der Waals surface area contributed by atoms with Gasteiger partial charge in [0, 0.05) is 10.9 Å². The molecule has 1 aromatic heterocycles. The van der Waals surface area contributed by atoms with Gasteiger partial charge in [0.15, 0.2) is 0 Å². The summed E-state index contributed by atoms with van der Waals surface area (Å²) in [6.07, 6.45) is 1.42. The zero-order valence-corrected chi connectivity index (χ0v) is 15.4. The van der Waals surface area contributed by atoms with Crippen LogP contribution in [0.3, 0.4) is 0 Å². The van der Waals surface area contributed by atoms with Gasteiger partial charge in [0.1, 0.15) is 5.82 Å².